The molecule has 1 aromatic heterocycles. The third-order valence-corrected chi connectivity index (χ3v) is 11.5. The zero-order chi connectivity index (χ0) is 48.3. The number of aromatic carboxylic acids is 1. The largest absolute Gasteiger partial charge is 0.506 e. The molecule has 4 aromatic carbocycles. The van der Waals surface area contributed by atoms with Crippen LogP contribution in [0, 0.1) is 24.2 Å². The average molecular weight is 916 g/mol. The Morgan fingerprint density at radius 1 is 0.776 bits per heavy atom. The minimum atomic E-state index is -1.35. The van der Waals surface area contributed by atoms with Gasteiger partial charge in [-0.05, 0) is 57.0 Å². The molecule has 0 spiro atoms. The van der Waals surface area contributed by atoms with Gasteiger partial charge in [0.2, 0.25) is 5.88 Å². The van der Waals surface area contributed by atoms with Crippen molar-refractivity contribution in [2.75, 3.05) is 19.8 Å². The molecule has 1 amide bonds. The SMILES string of the molecule is CCCCCCCCC(CCCCCC)C(=O)OC(C)CNC(=O)c1cc(OCCOc2ccccc2N=Nc2c(C)c(C#N)c(O)n(-c3ccccc3C(=O)O)c2=O)c2ccccc2c1O. The van der Waals surface area contributed by atoms with Crippen LogP contribution in [0.5, 0.6) is 23.1 Å². The van der Waals surface area contributed by atoms with Crippen LogP contribution in [0.4, 0.5) is 11.4 Å². The Bertz CT molecular complexity index is 2640. The van der Waals surface area contributed by atoms with E-state index in [9.17, 15) is 39.8 Å². The topological polar surface area (TPSA) is 222 Å². The van der Waals surface area contributed by atoms with Crippen molar-refractivity contribution in [3.63, 3.8) is 0 Å². The van der Waals surface area contributed by atoms with E-state index in [0.29, 0.717) is 21.1 Å². The van der Waals surface area contributed by atoms with Crippen molar-refractivity contribution in [1.29, 1.82) is 5.26 Å². The summed E-state index contributed by atoms with van der Waals surface area (Å²) in [4.78, 5) is 52.7. The summed E-state index contributed by atoms with van der Waals surface area (Å²) in [5.41, 5.74) is -1.72. The number of carboxylic acid groups (broad SMARTS) is 1. The summed E-state index contributed by atoms with van der Waals surface area (Å²) in [7, 11) is 0. The lowest BCUT2D eigenvalue weighted by atomic mass is 9.94. The van der Waals surface area contributed by atoms with Gasteiger partial charge in [-0.1, -0.05) is 127 Å². The number of phenolic OH excluding ortho intramolecular Hbond substituents is 1. The molecule has 0 saturated heterocycles. The number of aromatic nitrogens is 1. The number of hydrogen-bond donors (Lipinski definition) is 4. The van der Waals surface area contributed by atoms with E-state index in [4.69, 9.17) is 14.2 Å². The van der Waals surface area contributed by atoms with Gasteiger partial charge in [0.05, 0.1) is 29.3 Å². The van der Waals surface area contributed by atoms with Crippen LogP contribution in [0.15, 0.2) is 93.9 Å². The summed E-state index contributed by atoms with van der Waals surface area (Å²) in [6.45, 7) is 7.53. The number of nitriles is 1. The maximum atomic E-state index is 13.8. The van der Waals surface area contributed by atoms with Crippen molar-refractivity contribution >= 4 is 40.0 Å². The molecule has 15 heteroatoms. The van der Waals surface area contributed by atoms with Crippen LogP contribution in [0.1, 0.15) is 130 Å². The second-order valence-electron chi connectivity index (χ2n) is 16.5. The number of phenols is 1. The van der Waals surface area contributed by atoms with Gasteiger partial charge in [-0.15, -0.1) is 10.2 Å². The van der Waals surface area contributed by atoms with Gasteiger partial charge < -0.3 is 34.8 Å². The number of amides is 1. The summed E-state index contributed by atoms with van der Waals surface area (Å²) in [5.74, 6) is -2.73. The first-order valence-corrected chi connectivity index (χ1v) is 23.1. The zero-order valence-corrected chi connectivity index (χ0v) is 38.8. The zero-order valence-electron chi connectivity index (χ0n) is 38.8. The van der Waals surface area contributed by atoms with Gasteiger partial charge in [-0.3, -0.25) is 14.4 Å². The Morgan fingerprint density at radius 2 is 1.37 bits per heavy atom. The van der Waals surface area contributed by atoms with E-state index in [1.807, 2.05) is 6.07 Å². The third-order valence-electron chi connectivity index (χ3n) is 11.5. The second-order valence-corrected chi connectivity index (χ2v) is 16.5. The molecule has 0 radical (unpaired) electrons. The fourth-order valence-electron chi connectivity index (χ4n) is 7.81. The minimum Gasteiger partial charge on any atom is -0.506 e. The number of ether oxygens (including phenoxy) is 3. The number of nitrogens with zero attached hydrogens (tertiary/aromatic N) is 4. The molecular weight excluding hydrogens is 855 g/mol. The van der Waals surface area contributed by atoms with Crippen LogP contribution in [0.2, 0.25) is 0 Å². The van der Waals surface area contributed by atoms with Crippen LogP contribution in [-0.2, 0) is 9.53 Å². The maximum absolute atomic E-state index is 13.8. The van der Waals surface area contributed by atoms with Gasteiger partial charge in [0, 0.05) is 16.3 Å². The normalized spacial score (nSPS) is 12.1. The molecule has 0 aliphatic heterocycles. The molecule has 5 aromatic rings. The van der Waals surface area contributed by atoms with E-state index in [2.05, 4.69) is 29.4 Å². The van der Waals surface area contributed by atoms with E-state index < -0.39 is 29.4 Å². The maximum Gasteiger partial charge on any atom is 0.337 e. The molecule has 1 heterocycles. The number of nitrogens with one attached hydrogen (secondary N) is 1. The van der Waals surface area contributed by atoms with E-state index >= 15 is 0 Å². The number of para-hydroxylation sites is 2. The van der Waals surface area contributed by atoms with Crippen molar-refractivity contribution in [1.82, 2.24) is 9.88 Å². The molecule has 2 atom stereocenters. The van der Waals surface area contributed by atoms with Crippen molar-refractivity contribution in [2.45, 2.75) is 111 Å². The van der Waals surface area contributed by atoms with Crippen molar-refractivity contribution in [2.24, 2.45) is 16.1 Å². The van der Waals surface area contributed by atoms with Crippen LogP contribution in [0.25, 0.3) is 16.5 Å². The molecule has 2 unspecified atom stereocenters. The molecule has 4 N–H and O–H groups in total. The number of carbonyl (C=O) groups is 3. The monoisotopic (exact) mass is 915 g/mol. The number of esters is 1. The number of carboxylic acids is 1. The number of unbranched alkanes of at least 4 members (excludes halogenated alkanes) is 8. The van der Waals surface area contributed by atoms with Gasteiger partial charge in [0.25, 0.3) is 11.5 Å². The van der Waals surface area contributed by atoms with Crippen LogP contribution in [-0.4, -0.2) is 63.6 Å². The molecule has 15 nitrogen and oxygen atoms in total. The second kappa shape index (κ2) is 25.5. The molecule has 0 saturated carbocycles. The van der Waals surface area contributed by atoms with E-state index in [1.54, 1.807) is 55.5 Å². The quantitative estimate of drug-likeness (QED) is 0.0232. The molecule has 0 fully saturated rings. The predicted octanol–water partition coefficient (Wildman–Crippen LogP) is 11.2. The number of aromatic hydroxyl groups is 2. The van der Waals surface area contributed by atoms with Crippen LogP contribution >= 0.6 is 0 Å². The number of benzene rings is 4. The molecule has 0 aliphatic carbocycles. The van der Waals surface area contributed by atoms with Gasteiger partial charge in [0.15, 0.2) is 5.69 Å². The Labute approximate surface area is 391 Å². The Hall–Kier alpha value is -7.21. The summed E-state index contributed by atoms with van der Waals surface area (Å²) >= 11 is 0. The number of carbonyl (C=O) groups excluding carboxylic acids is 2. The lowest BCUT2D eigenvalue weighted by molar-refractivity contribution is -0.153. The van der Waals surface area contributed by atoms with Crippen LogP contribution in [0.3, 0.4) is 0 Å². The summed E-state index contributed by atoms with van der Waals surface area (Å²) in [6.07, 6.45) is 12.1. The number of azo groups is 1. The first-order chi connectivity index (χ1) is 32.4. The standard InChI is InChI=1S/C52H61N5O10/c1-5-7-9-11-12-14-22-36(21-13-10-8-6-2)52(64)67-34(3)33-54-48(59)40-31-45(37-23-15-16-24-38(37)47(40)58)66-30-29-65-44-28-20-18-26-42(44)55-56-46-35(4)41(32-53)49(60)57(50(46)61)43-27-19-17-25-39(43)51(62)63/h15-20,23-28,31,34,36,58,60H,5-14,21-22,29-30,33H2,1-4H3,(H,54,59)(H,62,63). The predicted molar refractivity (Wildman–Crippen MR) is 255 cm³/mol. The molecule has 67 heavy (non-hydrogen) atoms. The van der Waals surface area contributed by atoms with Gasteiger partial charge in [-0.25, -0.2) is 9.36 Å². The molecule has 0 bridgehead atoms. The average Bonchev–Trinajstić information content (AvgIpc) is 3.32. The smallest absolute Gasteiger partial charge is 0.337 e. The Kier molecular flexibility index (Phi) is 19.3. The van der Waals surface area contributed by atoms with Crippen molar-refractivity contribution in [3.8, 4) is 34.9 Å². The fourth-order valence-corrected chi connectivity index (χ4v) is 7.81. The third kappa shape index (κ3) is 13.4. The summed E-state index contributed by atoms with van der Waals surface area (Å²) in [6, 6.07) is 22.4. The highest BCUT2D eigenvalue weighted by Gasteiger charge is 2.25. The van der Waals surface area contributed by atoms with Crippen molar-refractivity contribution < 1.29 is 43.9 Å². The van der Waals surface area contributed by atoms with Crippen molar-refractivity contribution in [3.05, 3.63) is 111 Å². The van der Waals surface area contributed by atoms with Gasteiger partial charge in [-0.2, -0.15) is 5.26 Å². The first-order valence-electron chi connectivity index (χ1n) is 23.1. The molecule has 354 valence electrons. The number of pyridine rings is 1. The molecule has 5 rings (SSSR count). The van der Waals surface area contributed by atoms with E-state index in [0.717, 1.165) is 51.4 Å². The fraction of sp³-hybridized carbons (Fsp3) is 0.404. The lowest BCUT2D eigenvalue weighted by Crippen LogP contribution is -2.34. The van der Waals surface area contributed by atoms with Gasteiger partial charge >= 0.3 is 11.9 Å². The highest BCUT2D eigenvalue weighted by atomic mass is 16.5. The molecule has 0 aliphatic rings. The van der Waals surface area contributed by atoms with E-state index in [1.165, 1.54) is 62.9 Å². The number of rotatable bonds is 26. The number of fused-ring (bicyclic) bond motifs is 1. The Balaban J connectivity index is 1.25. The van der Waals surface area contributed by atoms with E-state index in [-0.39, 0.29) is 82.5 Å². The summed E-state index contributed by atoms with van der Waals surface area (Å²) in [5, 5.41) is 54.0. The number of hydrogen-bond acceptors (Lipinski definition) is 12. The molecular formula is C52H61N5O10. The van der Waals surface area contributed by atoms with Gasteiger partial charge in [0.1, 0.15) is 53.9 Å². The Morgan fingerprint density at radius 3 is 2.06 bits per heavy atom. The summed E-state index contributed by atoms with van der Waals surface area (Å²) < 4.78 is 18.7. The minimum absolute atomic E-state index is 0.0110. The lowest BCUT2D eigenvalue weighted by Gasteiger charge is -2.20. The highest BCUT2D eigenvalue weighted by Crippen LogP contribution is 2.37. The first kappa shape index (κ1) is 50.8. The highest BCUT2D eigenvalue weighted by molar-refractivity contribution is 6.05. The van der Waals surface area contributed by atoms with Crippen LogP contribution < -0.4 is 20.3 Å².